The molecule has 2 aromatic heterocycles. The molecule has 1 aliphatic rings. The number of likely N-dealkylation sites (N-methyl/N-ethyl adjacent to an activating group) is 1. The van der Waals surface area contributed by atoms with E-state index >= 15 is 4.39 Å². The first-order chi connectivity index (χ1) is 24.2. The van der Waals surface area contributed by atoms with Crippen molar-refractivity contribution in [3.63, 3.8) is 0 Å². The highest BCUT2D eigenvalue weighted by atomic mass is 19.1. The zero-order chi connectivity index (χ0) is 35.7. The predicted molar refractivity (Wildman–Crippen MR) is 195 cm³/mol. The van der Waals surface area contributed by atoms with E-state index in [-0.39, 0.29) is 48.4 Å². The highest BCUT2D eigenvalue weighted by Gasteiger charge is 2.37. The number of esters is 1. The van der Waals surface area contributed by atoms with Gasteiger partial charge in [-0.05, 0) is 80.0 Å². The second-order valence-corrected chi connectivity index (χ2v) is 13.2. The number of hydrogen-bond donors (Lipinski definition) is 2. The summed E-state index contributed by atoms with van der Waals surface area (Å²) in [5.74, 6) is -0.582. The zero-order valence-electron chi connectivity index (χ0n) is 29.4. The number of carbonyl (C=O) groups excluding carboxylic acids is 1. The van der Waals surface area contributed by atoms with Gasteiger partial charge in [-0.25, -0.2) is 9.37 Å². The van der Waals surface area contributed by atoms with E-state index in [2.05, 4.69) is 41.5 Å². The number of methoxy groups -OCH3 is 2. The normalized spacial score (nSPS) is 14.0. The van der Waals surface area contributed by atoms with Gasteiger partial charge in [0, 0.05) is 54.7 Å². The maximum atomic E-state index is 17.5. The summed E-state index contributed by atoms with van der Waals surface area (Å²) in [5.41, 5.74) is 10.4. The number of hydrogen-bond acceptors (Lipinski definition) is 9. The average Bonchev–Trinajstić information content (AvgIpc) is 3.41. The van der Waals surface area contributed by atoms with Crippen molar-refractivity contribution in [3.8, 4) is 28.8 Å². The van der Waals surface area contributed by atoms with E-state index in [1.807, 2.05) is 30.3 Å². The van der Waals surface area contributed by atoms with Crippen LogP contribution >= 0.6 is 0 Å². The van der Waals surface area contributed by atoms with Crippen molar-refractivity contribution in [1.82, 2.24) is 14.5 Å². The molecule has 1 fully saturated rings. The summed E-state index contributed by atoms with van der Waals surface area (Å²) >= 11 is 0. The predicted octanol–water partition coefficient (Wildman–Crippen LogP) is 6.47. The van der Waals surface area contributed by atoms with Gasteiger partial charge in [0.05, 0.1) is 43.3 Å². The highest BCUT2D eigenvalue weighted by Crippen LogP contribution is 2.49. The summed E-state index contributed by atoms with van der Waals surface area (Å²) in [6.45, 7) is 4.06. The lowest BCUT2D eigenvalue weighted by molar-refractivity contribution is -0.140. The maximum absolute atomic E-state index is 17.5. The number of aromatic nitrogens is 2. The Morgan fingerprint density at radius 1 is 1.18 bits per heavy atom. The minimum atomic E-state index is -0.555. The number of benzene rings is 3. The van der Waals surface area contributed by atoms with Gasteiger partial charge in [-0.2, -0.15) is 5.26 Å². The Morgan fingerprint density at radius 3 is 2.60 bits per heavy atom. The number of aromatic hydroxyl groups is 1. The standard InChI is InChI=1S/C39H45FN6O4/c1-6-25(15-17-42)46-31(13-14-32(48)49-4)38(45-21-26(22-45)44(2)3)34-37(46)30-19-24(11-9-16-41)33(35(40)36(30)43-39(34)50-5)29-20-27(47)18-23-10-7-8-12-28(23)29/h7-8,10,12,18-20,25-26,47H,6,9,11,13-15,17,21-22,42H2,1-5H3. The van der Waals surface area contributed by atoms with Crippen molar-refractivity contribution in [2.45, 2.75) is 57.5 Å². The third-order valence-corrected chi connectivity index (χ3v) is 10.1. The van der Waals surface area contributed by atoms with E-state index in [4.69, 9.17) is 20.2 Å². The third kappa shape index (κ3) is 6.07. The van der Waals surface area contributed by atoms with Gasteiger partial charge < -0.3 is 34.7 Å². The lowest BCUT2D eigenvalue weighted by Gasteiger charge is -2.44. The fraction of sp³-hybridized carbons (Fsp3) is 0.410. The number of pyridine rings is 1. The van der Waals surface area contributed by atoms with Gasteiger partial charge in [0.25, 0.3) is 0 Å². The van der Waals surface area contributed by atoms with Crippen molar-refractivity contribution >= 4 is 44.2 Å². The molecule has 1 aliphatic heterocycles. The van der Waals surface area contributed by atoms with Crippen molar-refractivity contribution in [1.29, 1.82) is 5.26 Å². The maximum Gasteiger partial charge on any atom is 0.305 e. The number of nitrogens with two attached hydrogens (primary N) is 1. The molecule has 1 saturated heterocycles. The lowest BCUT2D eigenvalue weighted by atomic mass is 9.90. The summed E-state index contributed by atoms with van der Waals surface area (Å²) in [4.78, 5) is 22.0. The van der Waals surface area contributed by atoms with Gasteiger partial charge in [0.15, 0.2) is 5.82 Å². The molecule has 0 amide bonds. The first-order valence-electron chi connectivity index (χ1n) is 17.2. The molecule has 0 bridgehead atoms. The molecular weight excluding hydrogens is 635 g/mol. The molecule has 262 valence electrons. The summed E-state index contributed by atoms with van der Waals surface area (Å²) in [7, 11) is 7.05. The molecule has 6 rings (SSSR count). The minimum Gasteiger partial charge on any atom is -0.508 e. The van der Waals surface area contributed by atoms with E-state index in [9.17, 15) is 15.2 Å². The molecule has 0 saturated carbocycles. The smallest absolute Gasteiger partial charge is 0.305 e. The number of phenolic OH excluding ortho intramolecular Hbond substituents is 1. The molecule has 0 spiro atoms. The quantitative estimate of drug-likeness (QED) is 0.134. The van der Waals surface area contributed by atoms with Crippen LogP contribution < -0.4 is 15.4 Å². The fourth-order valence-corrected chi connectivity index (χ4v) is 7.54. The van der Waals surface area contributed by atoms with Gasteiger partial charge in [-0.1, -0.05) is 31.2 Å². The zero-order valence-corrected chi connectivity index (χ0v) is 29.4. The first kappa shape index (κ1) is 34.9. The molecule has 3 aromatic carbocycles. The molecule has 10 nitrogen and oxygen atoms in total. The van der Waals surface area contributed by atoms with Crippen molar-refractivity contribution in [3.05, 3.63) is 59.5 Å². The van der Waals surface area contributed by atoms with Gasteiger partial charge in [-0.15, -0.1) is 0 Å². The van der Waals surface area contributed by atoms with Crippen LogP contribution in [0.15, 0.2) is 42.5 Å². The van der Waals surface area contributed by atoms with Crippen LogP contribution in [0, 0.1) is 17.1 Å². The Bertz CT molecular complexity index is 2110. The van der Waals surface area contributed by atoms with Crippen LogP contribution in [-0.4, -0.2) is 79.5 Å². The van der Waals surface area contributed by atoms with Gasteiger partial charge in [-0.3, -0.25) is 4.79 Å². The molecule has 0 aliphatic carbocycles. The van der Waals surface area contributed by atoms with Gasteiger partial charge in [0.2, 0.25) is 5.88 Å². The van der Waals surface area contributed by atoms with E-state index in [0.29, 0.717) is 47.5 Å². The van der Waals surface area contributed by atoms with Crippen LogP contribution in [0.1, 0.15) is 49.9 Å². The summed E-state index contributed by atoms with van der Waals surface area (Å²) in [6, 6.07) is 15.2. The van der Waals surface area contributed by atoms with Crippen LogP contribution in [-0.2, 0) is 22.4 Å². The SMILES string of the molecule is CCC(CCN)n1c(CCC(=O)OC)c(N2CC(N(C)C)C2)c2c(OC)nc3c(F)c(-c4cc(O)cc5ccccc45)c(CCC#N)cc3c21. The number of ether oxygens (including phenoxy) is 2. The van der Waals surface area contributed by atoms with Crippen LogP contribution in [0.4, 0.5) is 10.1 Å². The first-order valence-corrected chi connectivity index (χ1v) is 17.2. The van der Waals surface area contributed by atoms with Crippen LogP contribution in [0.3, 0.4) is 0 Å². The molecule has 11 heteroatoms. The number of phenols is 1. The fourth-order valence-electron chi connectivity index (χ4n) is 7.54. The van der Waals surface area contributed by atoms with Crippen molar-refractivity contribution in [2.24, 2.45) is 5.73 Å². The number of halogens is 1. The van der Waals surface area contributed by atoms with Crippen LogP contribution in [0.2, 0.25) is 0 Å². The second kappa shape index (κ2) is 14.5. The molecule has 5 aromatic rings. The molecule has 0 radical (unpaired) electrons. The summed E-state index contributed by atoms with van der Waals surface area (Å²) < 4.78 is 30.8. The summed E-state index contributed by atoms with van der Waals surface area (Å²) in [5, 5.41) is 23.3. The summed E-state index contributed by atoms with van der Waals surface area (Å²) in [6.07, 6.45) is 2.42. The average molecular weight is 681 g/mol. The Hall–Kier alpha value is -4.92. The minimum absolute atomic E-state index is 0.0114. The van der Waals surface area contributed by atoms with Crippen LogP contribution in [0.25, 0.3) is 43.7 Å². The number of nitrogens with zero attached hydrogens (tertiary/aromatic N) is 5. The number of anilines is 1. The highest BCUT2D eigenvalue weighted by molar-refractivity contribution is 6.14. The molecule has 3 heterocycles. The topological polar surface area (TPSA) is 130 Å². The number of nitriles is 1. The molecule has 1 atom stereocenters. The number of fused-ring (bicyclic) bond motifs is 4. The number of rotatable bonds is 13. The van der Waals surface area contributed by atoms with Crippen molar-refractivity contribution in [2.75, 3.05) is 52.8 Å². The van der Waals surface area contributed by atoms with Gasteiger partial charge >= 0.3 is 5.97 Å². The van der Waals surface area contributed by atoms with E-state index in [0.717, 1.165) is 52.6 Å². The third-order valence-electron chi connectivity index (χ3n) is 10.1. The van der Waals surface area contributed by atoms with Gasteiger partial charge in [0.1, 0.15) is 11.3 Å². The van der Waals surface area contributed by atoms with E-state index in [1.54, 1.807) is 19.2 Å². The monoisotopic (exact) mass is 680 g/mol. The Labute approximate surface area is 291 Å². The second-order valence-electron chi connectivity index (χ2n) is 13.2. The van der Waals surface area contributed by atoms with E-state index in [1.165, 1.54) is 7.11 Å². The van der Waals surface area contributed by atoms with Crippen molar-refractivity contribution < 1.29 is 23.8 Å². The molecular formula is C39H45FN6O4. The van der Waals surface area contributed by atoms with Crippen LogP contribution in [0.5, 0.6) is 11.6 Å². The largest absolute Gasteiger partial charge is 0.508 e. The molecule has 50 heavy (non-hydrogen) atoms. The Kier molecular flexibility index (Phi) is 10.1. The molecule has 3 N–H and O–H groups in total. The number of aryl methyl sites for hydroxylation is 1. The van der Waals surface area contributed by atoms with E-state index < -0.39 is 5.82 Å². The number of carbonyl (C=O) groups is 1. The Morgan fingerprint density at radius 2 is 1.94 bits per heavy atom. The lowest BCUT2D eigenvalue weighted by Crippen LogP contribution is -2.57. The molecule has 1 unspecified atom stereocenters. The Balaban J connectivity index is 1.76.